The summed E-state index contributed by atoms with van der Waals surface area (Å²) in [7, 11) is 0. The molecule has 0 atom stereocenters. The molecule has 7 nitrogen and oxygen atoms in total. The third-order valence-electron chi connectivity index (χ3n) is 2.48. The largest absolute Gasteiger partial charge is 0.507 e. The van der Waals surface area contributed by atoms with E-state index < -0.39 is 11.8 Å². The first-order valence-electron chi connectivity index (χ1n) is 5.74. The Hall–Kier alpha value is -2.96. The van der Waals surface area contributed by atoms with Gasteiger partial charge < -0.3 is 5.11 Å². The Morgan fingerprint density at radius 1 is 1.15 bits per heavy atom. The van der Waals surface area contributed by atoms with E-state index in [4.69, 9.17) is 0 Å². The number of phenolic OH excluding ortho intramolecular Hbond substituents is 1. The summed E-state index contributed by atoms with van der Waals surface area (Å²) in [6, 6.07) is 4.60. The molecular formula is C13H12N4O3. The summed E-state index contributed by atoms with van der Waals surface area (Å²) >= 11 is 0. The molecular weight excluding hydrogens is 260 g/mol. The highest BCUT2D eigenvalue weighted by Gasteiger charge is 2.13. The van der Waals surface area contributed by atoms with Crippen molar-refractivity contribution in [1.82, 2.24) is 20.8 Å². The van der Waals surface area contributed by atoms with Crippen LogP contribution in [0.3, 0.4) is 0 Å². The Morgan fingerprint density at radius 3 is 2.55 bits per heavy atom. The van der Waals surface area contributed by atoms with E-state index in [0.717, 1.165) is 5.56 Å². The van der Waals surface area contributed by atoms with Crippen molar-refractivity contribution in [3.05, 3.63) is 53.6 Å². The molecule has 7 heteroatoms. The number of aromatic nitrogens is 2. The number of aromatic hydroxyl groups is 1. The summed E-state index contributed by atoms with van der Waals surface area (Å²) in [5.41, 5.74) is 5.34. The fourth-order valence-corrected chi connectivity index (χ4v) is 1.49. The maximum absolute atomic E-state index is 11.8. The number of phenols is 1. The van der Waals surface area contributed by atoms with Crippen LogP contribution in [0, 0.1) is 6.92 Å². The van der Waals surface area contributed by atoms with Gasteiger partial charge in [-0.3, -0.25) is 25.4 Å². The van der Waals surface area contributed by atoms with Crippen molar-refractivity contribution >= 4 is 11.8 Å². The molecule has 0 aliphatic carbocycles. The van der Waals surface area contributed by atoms with Crippen molar-refractivity contribution in [3.63, 3.8) is 0 Å². The molecule has 2 rings (SSSR count). The molecule has 2 amide bonds. The predicted molar refractivity (Wildman–Crippen MR) is 69.8 cm³/mol. The zero-order chi connectivity index (χ0) is 14.5. The highest BCUT2D eigenvalue weighted by atomic mass is 16.3. The van der Waals surface area contributed by atoms with E-state index in [0.29, 0.717) is 0 Å². The first kappa shape index (κ1) is 13.5. The second kappa shape index (κ2) is 5.79. The standard InChI is InChI=1S/C13H12N4O3/c1-8-2-3-9(11(18)6-8)12(19)16-17-13(20)10-7-14-4-5-15-10/h2-7,18H,1H3,(H,16,19)(H,17,20). The Morgan fingerprint density at radius 2 is 1.90 bits per heavy atom. The number of hydrazine groups is 1. The number of nitrogens with zero attached hydrogens (tertiary/aromatic N) is 2. The fraction of sp³-hybridized carbons (Fsp3) is 0.0769. The number of carbonyl (C=O) groups is 2. The molecule has 1 aromatic carbocycles. The van der Waals surface area contributed by atoms with Crippen LogP contribution in [0.15, 0.2) is 36.8 Å². The monoisotopic (exact) mass is 272 g/mol. The number of hydrogen-bond acceptors (Lipinski definition) is 5. The summed E-state index contributed by atoms with van der Waals surface area (Å²) in [6.45, 7) is 1.79. The van der Waals surface area contributed by atoms with Gasteiger partial charge in [0.05, 0.1) is 11.8 Å². The molecule has 0 radical (unpaired) electrons. The Balaban J connectivity index is 2.00. The van der Waals surface area contributed by atoms with Gasteiger partial charge in [-0.1, -0.05) is 6.07 Å². The van der Waals surface area contributed by atoms with Gasteiger partial charge in [0.15, 0.2) is 0 Å². The Labute approximate surface area is 114 Å². The van der Waals surface area contributed by atoms with Crippen LogP contribution < -0.4 is 10.9 Å². The smallest absolute Gasteiger partial charge is 0.289 e. The average Bonchev–Trinajstić information content (AvgIpc) is 2.45. The summed E-state index contributed by atoms with van der Waals surface area (Å²) in [5.74, 6) is -1.38. The van der Waals surface area contributed by atoms with E-state index in [1.807, 2.05) is 0 Å². The molecule has 0 aliphatic rings. The summed E-state index contributed by atoms with van der Waals surface area (Å²) in [5, 5.41) is 9.65. The lowest BCUT2D eigenvalue weighted by atomic mass is 10.1. The Bertz CT molecular complexity index is 643. The molecule has 0 saturated carbocycles. The summed E-state index contributed by atoms with van der Waals surface area (Å²) < 4.78 is 0. The minimum absolute atomic E-state index is 0.0649. The minimum atomic E-state index is -0.625. The number of nitrogens with one attached hydrogen (secondary N) is 2. The maximum atomic E-state index is 11.8. The van der Waals surface area contributed by atoms with E-state index in [1.165, 1.54) is 30.7 Å². The summed E-state index contributed by atoms with van der Waals surface area (Å²) in [6.07, 6.45) is 4.06. The molecule has 102 valence electrons. The topological polar surface area (TPSA) is 104 Å². The zero-order valence-corrected chi connectivity index (χ0v) is 10.6. The van der Waals surface area contributed by atoms with Gasteiger partial charge in [-0.25, -0.2) is 4.98 Å². The van der Waals surface area contributed by atoms with Crippen LogP contribution >= 0.6 is 0 Å². The average molecular weight is 272 g/mol. The minimum Gasteiger partial charge on any atom is -0.507 e. The van der Waals surface area contributed by atoms with Crippen molar-refractivity contribution in [2.75, 3.05) is 0 Å². The van der Waals surface area contributed by atoms with E-state index in [1.54, 1.807) is 13.0 Å². The van der Waals surface area contributed by atoms with Crippen molar-refractivity contribution in [2.24, 2.45) is 0 Å². The normalized spacial score (nSPS) is 9.85. The van der Waals surface area contributed by atoms with Crippen molar-refractivity contribution in [1.29, 1.82) is 0 Å². The van der Waals surface area contributed by atoms with Crippen LogP contribution in [0.1, 0.15) is 26.4 Å². The molecule has 20 heavy (non-hydrogen) atoms. The maximum Gasteiger partial charge on any atom is 0.289 e. The van der Waals surface area contributed by atoms with Gasteiger partial charge in [-0.2, -0.15) is 0 Å². The highest BCUT2D eigenvalue weighted by Crippen LogP contribution is 2.17. The van der Waals surface area contributed by atoms with Crippen LogP contribution in [0.25, 0.3) is 0 Å². The molecule has 0 saturated heterocycles. The van der Waals surface area contributed by atoms with Crippen LogP contribution in [-0.2, 0) is 0 Å². The van der Waals surface area contributed by atoms with Crippen molar-refractivity contribution < 1.29 is 14.7 Å². The van der Waals surface area contributed by atoms with Gasteiger partial charge in [0.25, 0.3) is 11.8 Å². The highest BCUT2D eigenvalue weighted by molar-refractivity contribution is 5.99. The molecule has 0 fully saturated rings. The summed E-state index contributed by atoms with van der Waals surface area (Å²) in [4.78, 5) is 30.9. The third-order valence-corrected chi connectivity index (χ3v) is 2.48. The van der Waals surface area contributed by atoms with Gasteiger partial charge in [0.2, 0.25) is 0 Å². The van der Waals surface area contributed by atoms with Crippen LogP contribution in [-0.4, -0.2) is 26.9 Å². The van der Waals surface area contributed by atoms with E-state index >= 15 is 0 Å². The second-order valence-electron chi connectivity index (χ2n) is 4.02. The zero-order valence-electron chi connectivity index (χ0n) is 10.6. The fourth-order valence-electron chi connectivity index (χ4n) is 1.49. The molecule has 3 N–H and O–H groups in total. The number of carbonyl (C=O) groups excluding carboxylic acids is 2. The number of rotatable bonds is 2. The van der Waals surface area contributed by atoms with E-state index in [9.17, 15) is 14.7 Å². The predicted octanol–water partition coefficient (Wildman–Crippen LogP) is 0.565. The van der Waals surface area contributed by atoms with Crippen molar-refractivity contribution in [3.8, 4) is 5.75 Å². The van der Waals surface area contributed by atoms with E-state index in [2.05, 4.69) is 20.8 Å². The molecule has 2 aromatic rings. The van der Waals surface area contributed by atoms with Crippen LogP contribution in [0.5, 0.6) is 5.75 Å². The molecule has 0 aliphatic heterocycles. The lowest BCUT2D eigenvalue weighted by Gasteiger charge is -2.08. The van der Waals surface area contributed by atoms with Gasteiger partial charge in [0.1, 0.15) is 11.4 Å². The molecule has 0 unspecified atom stereocenters. The van der Waals surface area contributed by atoms with Gasteiger partial charge >= 0.3 is 0 Å². The number of amides is 2. The number of hydrogen-bond donors (Lipinski definition) is 3. The molecule has 1 heterocycles. The Kier molecular flexibility index (Phi) is 3.90. The van der Waals surface area contributed by atoms with Crippen molar-refractivity contribution in [2.45, 2.75) is 6.92 Å². The third kappa shape index (κ3) is 3.08. The van der Waals surface area contributed by atoms with Gasteiger partial charge in [-0.15, -0.1) is 0 Å². The van der Waals surface area contributed by atoms with Gasteiger partial charge in [-0.05, 0) is 24.6 Å². The van der Waals surface area contributed by atoms with Crippen LogP contribution in [0.2, 0.25) is 0 Å². The van der Waals surface area contributed by atoms with Crippen LogP contribution in [0.4, 0.5) is 0 Å². The first-order valence-corrected chi connectivity index (χ1v) is 5.74. The SMILES string of the molecule is Cc1ccc(C(=O)NNC(=O)c2cnccn2)c(O)c1. The molecule has 0 bridgehead atoms. The second-order valence-corrected chi connectivity index (χ2v) is 4.02. The van der Waals surface area contributed by atoms with Gasteiger partial charge in [0, 0.05) is 12.4 Å². The van der Waals surface area contributed by atoms with E-state index in [-0.39, 0.29) is 17.0 Å². The number of aryl methyl sites for hydroxylation is 1. The lowest BCUT2D eigenvalue weighted by molar-refractivity contribution is 0.0842. The molecule has 1 aromatic heterocycles. The first-order chi connectivity index (χ1) is 9.58. The number of benzene rings is 1. The molecule has 0 spiro atoms. The lowest BCUT2D eigenvalue weighted by Crippen LogP contribution is -2.42. The quantitative estimate of drug-likeness (QED) is 0.693.